The summed E-state index contributed by atoms with van der Waals surface area (Å²) >= 11 is 0. The Labute approximate surface area is 163 Å². The van der Waals surface area contributed by atoms with Crippen molar-refractivity contribution in [2.45, 2.75) is 12.8 Å². The van der Waals surface area contributed by atoms with Crippen LogP contribution >= 0.6 is 0 Å². The maximum absolute atomic E-state index is 12.4. The Bertz CT molecular complexity index is 932. The van der Waals surface area contributed by atoms with E-state index in [-0.39, 0.29) is 17.4 Å². The van der Waals surface area contributed by atoms with Crippen LogP contribution < -0.4 is 15.4 Å². The monoisotopic (exact) mass is 378 g/mol. The minimum atomic E-state index is -0.443. The molecule has 1 amide bonds. The van der Waals surface area contributed by atoms with E-state index in [1.807, 2.05) is 36.4 Å². The van der Waals surface area contributed by atoms with Crippen LogP contribution in [-0.2, 0) is 6.42 Å². The summed E-state index contributed by atoms with van der Waals surface area (Å²) in [6.07, 6.45) is 2.85. The van der Waals surface area contributed by atoms with Gasteiger partial charge < -0.3 is 20.5 Å². The first kappa shape index (κ1) is 19.2. The fraction of sp³-hybridized carbons (Fsp3) is 0.190. The highest BCUT2D eigenvalue weighted by Gasteiger charge is 2.14. The molecule has 7 heteroatoms. The molecule has 0 bridgehead atoms. The fourth-order valence-electron chi connectivity index (χ4n) is 2.66. The van der Waals surface area contributed by atoms with E-state index in [0.29, 0.717) is 18.0 Å². The Morgan fingerprint density at radius 1 is 1.14 bits per heavy atom. The Kier molecular flexibility index (Phi) is 6.41. The normalized spacial score (nSPS) is 10.3. The Hall–Kier alpha value is -3.61. The third-order valence-electron chi connectivity index (χ3n) is 4.08. The van der Waals surface area contributed by atoms with E-state index in [1.54, 1.807) is 13.2 Å². The zero-order chi connectivity index (χ0) is 19.8. The molecule has 3 rings (SSSR count). The van der Waals surface area contributed by atoms with Crippen LogP contribution in [0, 0.1) is 0 Å². The van der Waals surface area contributed by atoms with Gasteiger partial charge in [0.2, 0.25) is 5.95 Å². The quantitative estimate of drug-likeness (QED) is 0.521. The molecule has 0 aliphatic carbocycles. The number of aromatic hydroxyl groups is 1. The summed E-state index contributed by atoms with van der Waals surface area (Å²) in [6, 6.07) is 17.3. The number of anilines is 2. The van der Waals surface area contributed by atoms with Gasteiger partial charge in [0.15, 0.2) is 11.4 Å². The largest absolute Gasteiger partial charge is 0.504 e. The van der Waals surface area contributed by atoms with Crippen molar-refractivity contribution in [2.24, 2.45) is 0 Å². The van der Waals surface area contributed by atoms with E-state index >= 15 is 0 Å². The predicted molar refractivity (Wildman–Crippen MR) is 107 cm³/mol. The van der Waals surface area contributed by atoms with Crippen LogP contribution in [0.3, 0.4) is 0 Å². The van der Waals surface area contributed by atoms with Crippen LogP contribution in [0.15, 0.2) is 60.8 Å². The molecule has 1 aromatic heterocycles. The highest BCUT2D eigenvalue weighted by Crippen LogP contribution is 2.21. The van der Waals surface area contributed by atoms with Crippen LogP contribution in [0.5, 0.6) is 11.5 Å². The number of aryl methyl sites for hydroxylation is 1. The van der Waals surface area contributed by atoms with Crippen molar-refractivity contribution in [3.63, 3.8) is 0 Å². The number of hydrogen-bond acceptors (Lipinski definition) is 6. The topological polar surface area (TPSA) is 96.4 Å². The summed E-state index contributed by atoms with van der Waals surface area (Å²) in [5.41, 5.74) is 1.85. The van der Waals surface area contributed by atoms with Crippen molar-refractivity contribution in [2.75, 3.05) is 19.0 Å². The van der Waals surface area contributed by atoms with E-state index in [2.05, 4.69) is 32.7 Å². The molecule has 3 N–H and O–H groups in total. The molecule has 144 valence electrons. The average molecular weight is 378 g/mol. The van der Waals surface area contributed by atoms with Gasteiger partial charge in [-0.1, -0.05) is 36.4 Å². The second-order valence-corrected chi connectivity index (χ2v) is 6.13. The second kappa shape index (κ2) is 9.36. The van der Waals surface area contributed by atoms with E-state index < -0.39 is 5.91 Å². The molecule has 0 saturated heterocycles. The number of nitrogens with zero attached hydrogens (tertiary/aromatic N) is 2. The van der Waals surface area contributed by atoms with Crippen molar-refractivity contribution in [1.29, 1.82) is 0 Å². The first-order valence-corrected chi connectivity index (χ1v) is 8.95. The molecule has 0 radical (unpaired) electrons. The number of benzene rings is 2. The van der Waals surface area contributed by atoms with Gasteiger partial charge in [-0.3, -0.25) is 4.79 Å². The molecular formula is C21H22N4O3. The van der Waals surface area contributed by atoms with Crippen LogP contribution in [0.1, 0.15) is 22.5 Å². The van der Waals surface area contributed by atoms with Gasteiger partial charge in [-0.15, -0.1) is 0 Å². The first-order valence-electron chi connectivity index (χ1n) is 8.95. The molecule has 0 aliphatic heterocycles. The van der Waals surface area contributed by atoms with Gasteiger partial charge in [0, 0.05) is 18.3 Å². The molecule has 1 heterocycles. The van der Waals surface area contributed by atoms with Gasteiger partial charge in [-0.05, 0) is 30.5 Å². The van der Waals surface area contributed by atoms with Crippen molar-refractivity contribution < 1.29 is 14.6 Å². The molecule has 2 aromatic carbocycles. The van der Waals surface area contributed by atoms with Crippen LogP contribution in [0.2, 0.25) is 0 Å². The summed E-state index contributed by atoms with van der Waals surface area (Å²) in [5, 5.41) is 15.7. The maximum atomic E-state index is 12.4. The van der Waals surface area contributed by atoms with Gasteiger partial charge in [0.05, 0.1) is 13.3 Å². The highest BCUT2D eigenvalue weighted by molar-refractivity contribution is 5.95. The summed E-state index contributed by atoms with van der Waals surface area (Å²) in [6.45, 7) is 0.482. The second-order valence-electron chi connectivity index (χ2n) is 6.13. The Morgan fingerprint density at radius 3 is 2.75 bits per heavy atom. The number of nitrogens with one attached hydrogen (secondary N) is 2. The van der Waals surface area contributed by atoms with Gasteiger partial charge >= 0.3 is 0 Å². The third kappa shape index (κ3) is 5.20. The lowest BCUT2D eigenvalue weighted by atomic mass is 10.1. The standard InChI is InChI=1S/C21H22N4O3/c1-28-17-11-5-10-16(13-17)24-21-23-14-18(26)19(25-21)20(27)22-12-6-9-15-7-3-2-4-8-15/h2-5,7-8,10-11,13-14,26H,6,9,12H2,1H3,(H,22,27)(H,23,24,25). The zero-order valence-electron chi connectivity index (χ0n) is 15.6. The number of carbonyl (C=O) groups excluding carboxylic acids is 1. The first-order chi connectivity index (χ1) is 13.7. The average Bonchev–Trinajstić information content (AvgIpc) is 2.73. The van der Waals surface area contributed by atoms with Crippen molar-refractivity contribution >= 4 is 17.5 Å². The summed E-state index contributed by atoms with van der Waals surface area (Å²) < 4.78 is 5.18. The number of ether oxygens (including phenoxy) is 1. The highest BCUT2D eigenvalue weighted by atomic mass is 16.5. The number of hydrogen-bond donors (Lipinski definition) is 3. The minimum Gasteiger partial charge on any atom is -0.504 e. The number of rotatable bonds is 8. The molecule has 28 heavy (non-hydrogen) atoms. The smallest absolute Gasteiger partial charge is 0.273 e. The lowest BCUT2D eigenvalue weighted by molar-refractivity contribution is 0.0945. The van der Waals surface area contributed by atoms with Gasteiger partial charge in [0.25, 0.3) is 5.91 Å². The Balaban J connectivity index is 1.59. The zero-order valence-corrected chi connectivity index (χ0v) is 15.6. The molecular weight excluding hydrogens is 356 g/mol. The van der Waals surface area contributed by atoms with Crippen molar-refractivity contribution in [1.82, 2.24) is 15.3 Å². The van der Waals surface area contributed by atoms with E-state index in [0.717, 1.165) is 12.8 Å². The van der Waals surface area contributed by atoms with Gasteiger partial charge in [-0.2, -0.15) is 0 Å². The molecule has 3 aromatic rings. The van der Waals surface area contributed by atoms with Crippen LogP contribution in [-0.4, -0.2) is 34.6 Å². The third-order valence-corrected chi connectivity index (χ3v) is 4.08. The summed E-state index contributed by atoms with van der Waals surface area (Å²) in [4.78, 5) is 20.5. The summed E-state index contributed by atoms with van der Waals surface area (Å²) in [5.74, 6) is 0.180. The van der Waals surface area contributed by atoms with E-state index in [1.165, 1.54) is 11.8 Å². The minimum absolute atomic E-state index is 0.0693. The van der Waals surface area contributed by atoms with E-state index in [4.69, 9.17) is 4.74 Å². The van der Waals surface area contributed by atoms with E-state index in [9.17, 15) is 9.90 Å². The molecule has 0 aliphatic rings. The lowest BCUT2D eigenvalue weighted by Crippen LogP contribution is -2.26. The lowest BCUT2D eigenvalue weighted by Gasteiger charge is -2.09. The number of carbonyl (C=O) groups is 1. The number of amides is 1. The number of methoxy groups -OCH3 is 1. The number of aromatic nitrogens is 2. The van der Waals surface area contributed by atoms with Crippen LogP contribution in [0.4, 0.5) is 11.6 Å². The van der Waals surface area contributed by atoms with Gasteiger partial charge in [-0.25, -0.2) is 9.97 Å². The molecule has 0 fully saturated rings. The fourth-order valence-corrected chi connectivity index (χ4v) is 2.66. The molecule has 0 atom stereocenters. The van der Waals surface area contributed by atoms with Crippen molar-refractivity contribution in [3.8, 4) is 11.5 Å². The SMILES string of the molecule is COc1cccc(Nc2ncc(O)c(C(=O)NCCCc3ccccc3)n2)c1. The maximum Gasteiger partial charge on any atom is 0.273 e. The molecule has 0 saturated carbocycles. The van der Waals surface area contributed by atoms with Gasteiger partial charge in [0.1, 0.15) is 5.75 Å². The molecule has 0 spiro atoms. The predicted octanol–water partition coefficient (Wildman–Crippen LogP) is 3.30. The molecule has 0 unspecified atom stereocenters. The van der Waals surface area contributed by atoms with Crippen molar-refractivity contribution in [3.05, 3.63) is 72.1 Å². The molecule has 7 nitrogen and oxygen atoms in total. The summed E-state index contributed by atoms with van der Waals surface area (Å²) in [7, 11) is 1.58. The Morgan fingerprint density at radius 2 is 1.96 bits per heavy atom. The van der Waals surface area contributed by atoms with Crippen LogP contribution in [0.25, 0.3) is 0 Å².